The zero-order chi connectivity index (χ0) is 20.1. The Kier molecular flexibility index (Phi) is 6.60. The zero-order valence-electron chi connectivity index (χ0n) is 17.3. The van der Waals surface area contributed by atoms with Crippen LogP contribution in [0.15, 0.2) is 30.3 Å². The van der Waals surface area contributed by atoms with Crippen molar-refractivity contribution in [1.29, 1.82) is 0 Å². The molecule has 1 atom stereocenters. The molecule has 0 aromatic heterocycles. The van der Waals surface area contributed by atoms with Gasteiger partial charge < -0.3 is 15.0 Å². The largest absolute Gasteiger partial charge is 0.444 e. The van der Waals surface area contributed by atoms with Gasteiger partial charge >= 0.3 is 6.09 Å². The maximum Gasteiger partial charge on any atom is 0.410 e. The molecule has 1 N–H and O–H groups in total. The summed E-state index contributed by atoms with van der Waals surface area (Å²) >= 11 is 0. The van der Waals surface area contributed by atoms with Crippen LogP contribution in [-0.4, -0.2) is 59.6 Å². The Morgan fingerprint density at radius 2 is 1.75 bits per heavy atom. The molecule has 3 rings (SSSR count). The summed E-state index contributed by atoms with van der Waals surface area (Å²) in [6.45, 7) is 9.61. The fourth-order valence-corrected chi connectivity index (χ4v) is 3.91. The van der Waals surface area contributed by atoms with E-state index in [2.05, 4.69) is 34.5 Å². The normalized spacial score (nSPS) is 21.5. The van der Waals surface area contributed by atoms with E-state index in [-0.39, 0.29) is 24.0 Å². The molecule has 1 unspecified atom stereocenters. The molecule has 1 aromatic carbocycles. The van der Waals surface area contributed by atoms with Crippen LogP contribution in [0.1, 0.15) is 45.6 Å². The molecule has 28 heavy (non-hydrogen) atoms. The Morgan fingerprint density at radius 3 is 2.39 bits per heavy atom. The van der Waals surface area contributed by atoms with Gasteiger partial charge in [0.25, 0.3) is 0 Å². The number of ether oxygens (including phenoxy) is 1. The number of likely N-dealkylation sites (tertiary alicyclic amines) is 2. The second-order valence-corrected chi connectivity index (χ2v) is 8.96. The van der Waals surface area contributed by atoms with Crippen LogP contribution in [-0.2, 0) is 16.1 Å². The fourth-order valence-electron chi connectivity index (χ4n) is 3.91. The van der Waals surface area contributed by atoms with Gasteiger partial charge in [-0.15, -0.1) is 0 Å². The molecule has 154 valence electrons. The molecule has 6 heteroatoms. The Balaban J connectivity index is 1.40. The van der Waals surface area contributed by atoms with Crippen LogP contribution >= 0.6 is 0 Å². The zero-order valence-corrected chi connectivity index (χ0v) is 17.3. The predicted molar refractivity (Wildman–Crippen MR) is 109 cm³/mol. The molecule has 1 aromatic rings. The monoisotopic (exact) mass is 387 g/mol. The first kappa shape index (κ1) is 20.6. The Bertz CT molecular complexity index is 663. The van der Waals surface area contributed by atoms with Crippen LogP contribution in [0.5, 0.6) is 0 Å². The summed E-state index contributed by atoms with van der Waals surface area (Å²) in [5.41, 5.74) is 0.823. The minimum atomic E-state index is -0.487. The number of carbonyl (C=O) groups is 2. The summed E-state index contributed by atoms with van der Waals surface area (Å²) in [6.07, 6.45) is 2.12. The molecule has 0 spiro atoms. The van der Waals surface area contributed by atoms with Crippen molar-refractivity contribution >= 4 is 12.0 Å². The molecule has 0 radical (unpaired) electrons. The third kappa shape index (κ3) is 5.96. The van der Waals surface area contributed by atoms with Crippen molar-refractivity contribution in [2.24, 2.45) is 5.92 Å². The standard InChI is InChI=1S/C22H33N3O3/c1-22(2,3)28-21(27)25-13-9-18(10-14-25)20(26)23-19-11-12-24(16-19)15-17-7-5-4-6-8-17/h4-8,18-19H,9-16H2,1-3H3,(H,23,26). The molecule has 2 fully saturated rings. The minimum Gasteiger partial charge on any atom is -0.444 e. The van der Waals surface area contributed by atoms with E-state index >= 15 is 0 Å². The average Bonchev–Trinajstić information content (AvgIpc) is 3.08. The van der Waals surface area contributed by atoms with Gasteiger partial charge in [-0.05, 0) is 45.6 Å². The maximum atomic E-state index is 12.7. The fraction of sp³-hybridized carbons (Fsp3) is 0.636. The number of benzene rings is 1. The maximum absolute atomic E-state index is 12.7. The Morgan fingerprint density at radius 1 is 1.07 bits per heavy atom. The van der Waals surface area contributed by atoms with Crippen LogP contribution < -0.4 is 5.32 Å². The van der Waals surface area contributed by atoms with E-state index in [0.717, 1.165) is 26.1 Å². The van der Waals surface area contributed by atoms with Crippen LogP contribution in [0.4, 0.5) is 4.79 Å². The van der Waals surface area contributed by atoms with Crippen molar-refractivity contribution in [1.82, 2.24) is 15.1 Å². The van der Waals surface area contributed by atoms with Crippen molar-refractivity contribution < 1.29 is 14.3 Å². The molecule has 2 aliphatic heterocycles. The summed E-state index contributed by atoms with van der Waals surface area (Å²) in [5, 5.41) is 3.23. The molecule has 0 aliphatic carbocycles. The van der Waals surface area contributed by atoms with Crippen LogP contribution in [0.2, 0.25) is 0 Å². The van der Waals surface area contributed by atoms with Gasteiger partial charge in [-0.3, -0.25) is 9.69 Å². The summed E-state index contributed by atoms with van der Waals surface area (Å²) in [5.74, 6) is 0.122. The van der Waals surface area contributed by atoms with Gasteiger partial charge in [0, 0.05) is 44.7 Å². The third-order valence-corrected chi connectivity index (χ3v) is 5.39. The van der Waals surface area contributed by atoms with E-state index in [1.165, 1.54) is 5.56 Å². The molecule has 6 nitrogen and oxygen atoms in total. The van der Waals surface area contributed by atoms with Gasteiger partial charge in [0.1, 0.15) is 5.60 Å². The van der Waals surface area contributed by atoms with Crippen molar-refractivity contribution in [3.8, 4) is 0 Å². The minimum absolute atomic E-state index is 0.0122. The van der Waals surface area contributed by atoms with Crippen molar-refractivity contribution in [2.75, 3.05) is 26.2 Å². The molecular weight excluding hydrogens is 354 g/mol. The van der Waals surface area contributed by atoms with Crippen LogP contribution in [0.3, 0.4) is 0 Å². The van der Waals surface area contributed by atoms with E-state index in [4.69, 9.17) is 4.74 Å². The molecule has 2 heterocycles. The summed E-state index contributed by atoms with van der Waals surface area (Å²) in [4.78, 5) is 28.9. The lowest BCUT2D eigenvalue weighted by Gasteiger charge is -2.33. The van der Waals surface area contributed by atoms with Crippen LogP contribution in [0.25, 0.3) is 0 Å². The van der Waals surface area contributed by atoms with Crippen molar-refractivity contribution in [3.63, 3.8) is 0 Å². The van der Waals surface area contributed by atoms with Crippen molar-refractivity contribution in [3.05, 3.63) is 35.9 Å². The summed E-state index contributed by atoms with van der Waals surface area (Å²) < 4.78 is 5.42. The van der Waals surface area contributed by atoms with E-state index in [9.17, 15) is 9.59 Å². The topological polar surface area (TPSA) is 61.9 Å². The number of rotatable bonds is 4. The first-order chi connectivity index (χ1) is 13.3. The van der Waals surface area contributed by atoms with Crippen molar-refractivity contribution in [2.45, 2.75) is 58.2 Å². The lowest BCUT2D eigenvalue weighted by molar-refractivity contribution is -0.127. The number of hydrogen-bond donors (Lipinski definition) is 1. The SMILES string of the molecule is CC(C)(C)OC(=O)N1CCC(C(=O)NC2CCN(Cc3ccccc3)C2)CC1. The average molecular weight is 388 g/mol. The van der Waals surface area contributed by atoms with Gasteiger partial charge in [0.2, 0.25) is 5.91 Å². The lowest BCUT2D eigenvalue weighted by atomic mass is 9.95. The van der Waals surface area contributed by atoms with E-state index in [0.29, 0.717) is 25.9 Å². The number of hydrogen-bond acceptors (Lipinski definition) is 4. The molecule has 2 aliphatic rings. The smallest absolute Gasteiger partial charge is 0.410 e. The number of amides is 2. The first-order valence-corrected chi connectivity index (χ1v) is 10.3. The second kappa shape index (κ2) is 8.95. The molecule has 0 saturated carbocycles. The Hall–Kier alpha value is -2.08. The van der Waals surface area contributed by atoms with E-state index in [1.54, 1.807) is 4.90 Å². The predicted octanol–water partition coefficient (Wildman–Crippen LogP) is 3.02. The van der Waals surface area contributed by atoms with E-state index < -0.39 is 5.60 Å². The number of carbonyl (C=O) groups excluding carboxylic acids is 2. The van der Waals surface area contributed by atoms with Gasteiger partial charge in [-0.2, -0.15) is 0 Å². The number of piperidine rings is 1. The quantitative estimate of drug-likeness (QED) is 0.863. The summed E-state index contributed by atoms with van der Waals surface area (Å²) in [7, 11) is 0. The van der Waals surface area contributed by atoms with Gasteiger partial charge in [-0.1, -0.05) is 30.3 Å². The molecular formula is C22H33N3O3. The molecule has 2 saturated heterocycles. The highest BCUT2D eigenvalue weighted by molar-refractivity contribution is 5.79. The summed E-state index contributed by atoms with van der Waals surface area (Å²) in [6, 6.07) is 10.7. The van der Waals surface area contributed by atoms with Gasteiger partial charge in [0.15, 0.2) is 0 Å². The van der Waals surface area contributed by atoms with Crippen LogP contribution in [0, 0.1) is 5.92 Å². The highest BCUT2D eigenvalue weighted by Gasteiger charge is 2.32. The highest BCUT2D eigenvalue weighted by atomic mass is 16.6. The second-order valence-electron chi connectivity index (χ2n) is 8.96. The molecule has 0 bridgehead atoms. The van der Waals surface area contributed by atoms with E-state index in [1.807, 2.05) is 26.8 Å². The third-order valence-electron chi connectivity index (χ3n) is 5.39. The number of nitrogens with one attached hydrogen (secondary N) is 1. The van der Waals surface area contributed by atoms with Gasteiger partial charge in [0.05, 0.1) is 0 Å². The number of nitrogens with zero attached hydrogens (tertiary/aromatic N) is 2. The first-order valence-electron chi connectivity index (χ1n) is 10.3. The molecule has 2 amide bonds. The Labute approximate surface area is 168 Å². The highest BCUT2D eigenvalue weighted by Crippen LogP contribution is 2.21. The van der Waals surface area contributed by atoms with Gasteiger partial charge in [-0.25, -0.2) is 4.79 Å². The lowest BCUT2D eigenvalue weighted by Crippen LogP contribution is -2.47.